The Morgan fingerprint density at radius 1 is 1.03 bits per heavy atom. The summed E-state index contributed by atoms with van der Waals surface area (Å²) in [5.74, 6) is 0.487. The molecule has 0 spiro atoms. The quantitative estimate of drug-likeness (QED) is 0.544. The van der Waals surface area contributed by atoms with Crippen molar-refractivity contribution >= 4 is 5.91 Å². The van der Waals surface area contributed by atoms with Crippen LogP contribution in [0.2, 0.25) is 0 Å². The molecule has 3 heterocycles. The summed E-state index contributed by atoms with van der Waals surface area (Å²) in [4.78, 5) is 26.1. The van der Waals surface area contributed by atoms with E-state index < -0.39 is 0 Å². The van der Waals surface area contributed by atoms with E-state index in [1.54, 1.807) is 18.3 Å². The third-order valence-electron chi connectivity index (χ3n) is 6.05. The van der Waals surface area contributed by atoms with Gasteiger partial charge >= 0.3 is 0 Å². The molecule has 1 fully saturated rings. The molecular weight excluding hydrogens is 400 g/mol. The maximum absolute atomic E-state index is 13.1. The number of amides is 1. The lowest BCUT2D eigenvalue weighted by molar-refractivity contribution is 0.0642. The van der Waals surface area contributed by atoms with Gasteiger partial charge in [0.05, 0.1) is 0 Å². The van der Waals surface area contributed by atoms with E-state index in [1.807, 2.05) is 60.6 Å². The van der Waals surface area contributed by atoms with Crippen LogP contribution >= 0.6 is 0 Å². The molecule has 0 unspecified atom stereocenters. The zero-order valence-electron chi connectivity index (χ0n) is 18.6. The molecule has 2 aromatic heterocycles. The summed E-state index contributed by atoms with van der Waals surface area (Å²) in [6.07, 6.45) is 6.41. The summed E-state index contributed by atoms with van der Waals surface area (Å²) in [7, 11) is 1.90. The van der Waals surface area contributed by atoms with Crippen LogP contribution < -0.4 is 4.74 Å². The van der Waals surface area contributed by atoms with Gasteiger partial charge in [-0.15, -0.1) is 0 Å². The molecule has 1 saturated heterocycles. The fraction of sp³-hybridized carbons (Fsp3) is 0.346. The molecule has 0 atom stereocenters. The number of ether oxygens (including phenoxy) is 1. The molecular formula is C26H30N4O2. The average Bonchev–Trinajstić information content (AvgIpc) is 2.87. The summed E-state index contributed by atoms with van der Waals surface area (Å²) in [5, 5.41) is 0. The van der Waals surface area contributed by atoms with Crippen LogP contribution in [0, 0.1) is 0 Å². The number of hydrogen-bond donors (Lipinski definition) is 0. The highest BCUT2D eigenvalue weighted by atomic mass is 16.5. The molecule has 3 aromatic rings. The third kappa shape index (κ3) is 5.92. The second-order valence-corrected chi connectivity index (χ2v) is 8.22. The largest absolute Gasteiger partial charge is 0.473 e. The number of carbonyl (C=O) groups is 1. The maximum atomic E-state index is 13.1. The molecule has 32 heavy (non-hydrogen) atoms. The van der Waals surface area contributed by atoms with Gasteiger partial charge in [0.2, 0.25) is 5.88 Å². The Labute approximate surface area is 189 Å². The Morgan fingerprint density at radius 3 is 2.56 bits per heavy atom. The van der Waals surface area contributed by atoms with E-state index in [2.05, 4.69) is 20.9 Å². The molecule has 0 saturated carbocycles. The smallest absolute Gasteiger partial charge is 0.254 e. The highest BCUT2D eigenvalue weighted by Gasteiger charge is 2.26. The molecule has 166 valence electrons. The van der Waals surface area contributed by atoms with Crippen molar-refractivity contribution in [2.24, 2.45) is 0 Å². The van der Waals surface area contributed by atoms with Gasteiger partial charge in [0.1, 0.15) is 6.61 Å². The molecule has 6 heteroatoms. The van der Waals surface area contributed by atoms with E-state index in [1.165, 1.54) is 0 Å². The van der Waals surface area contributed by atoms with Crippen LogP contribution in [-0.2, 0) is 13.0 Å². The van der Waals surface area contributed by atoms with Crippen molar-refractivity contribution in [1.82, 2.24) is 19.8 Å². The molecule has 0 N–H and O–H groups in total. The monoisotopic (exact) mass is 430 g/mol. The number of piperidine rings is 1. The molecule has 1 aliphatic rings. The Morgan fingerprint density at radius 2 is 1.81 bits per heavy atom. The van der Waals surface area contributed by atoms with Crippen LogP contribution in [0.15, 0.2) is 73.1 Å². The first-order valence-corrected chi connectivity index (χ1v) is 11.2. The predicted molar refractivity (Wildman–Crippen MR) is 125 cm³/mol. The second-order valence-electron chi connectivity index (χ2n) is 8.22. The zero-order chi connectivity index (χ0) is 22.2. The van der Waals surface area contributed by atoms with Gasteiger partial charge < -0.3 is 14.5 Å². The minimum absolute atomic E-state index is 0.0175. The Kier molecular flexibility index (Phi) is 7.46. The Hall–Kier alpha value is -3.25. The molecule has 0 radical (unpaired) electrons. The van der Waals surface area contributed by atoms with Gasteiger partial charge in [0.25, 0.3) is 5.91 Å². The van der Waals surface area contributed by atoms with Crippen molar-refractivity contribution in [3.63, 3.8) is 0 Å². The molecule has 0 aliphatic carbocycles. The molecule has 4 rings (SSSR count). The van der Waals surface area contributed by atoms with Crippen molar-refractivity contribution in [2.45, 2.75) is 31.9 Å². The first-order chi connectivity index (χ1) is 15.7. The van der Waals surface area contributed by atoms with Crippen LogP contribution in [0.4, 0.5) is 0 Å². The van der Waals surface area contributed by atoms with E-state index in [-0.39, 0.29) is 11.9 Å². The normalized spacial score (nSPS) is 14.8. The number of nitrogens with zero attached hydrogens (tertiary/aromatic N) is 4. The average molecular weight is 431 g/mol. The summed E-state index contributed by atoms with van der Waals surface area (Å²) >= 11 is 0. The lowest BCUT2D eigenvalue weighted by Gasteiger charge is -2.36. The third-order valence-corrected chi connectivity index (χ3v) is 6.05. The van der Waals surface area contributed by atoms with Gasteiger partial charge in [-0.25, -0.2) is 4.98 Å². The topological polar surface area (TPSA) is 58.6 Å². The number of hydrogen-bond acceptors (Lipinski definition) is 5. The van der Waals surface area contributed by atoms with E-state index in [4.69, 9.17) is 4.74 Å². The van der Waals surface area contributed by atoms with E-state index in [0.29, 0.717) is 18.1 Å². The lowest BCUT2D eigenvalue weighted by Crippen LogP contribution is -2.46. The SMILES string of the molecule is CN(C(=O)c1ccnc(OCc2ccccc2)c1)C1CCN(CCc2ccccn2)CC1. The number of carbonyl (C=O) groups excluding carboxylic acids is 1. The van der Waals surface area contributed by atoms with Gasteiger partial charge in [-0.2, -0.15) is 0 Å². The molecule has 6 nitrogen and oxygen atoms in total. The van der Waals surface area contributed by atoms with Gasteiger partial charge in [0.15, 0.2) is 0 Å². The predicted octanol–water partition coefficient (Wildman–Crippen LogP) is 3.83. The van der Waals surface area contributed by atoms with Crippen LogP contribution in [0.25, 0.3) is 0 Å². The fourth-order valence-electron chi connectivity index (χ4n) is 4.07. The first-order valence-electron chi connectivity index (χ1n) is 11.2. The molecule has 1 aliphatic heterocycles. The van der Waals surface area contributed by atoms with E-state index in [9.17, 15) is 4.79 Å². The minimum atomic E-state index is 0.0175. The molecule has 1 aromatic carbocycles. The van der Waals surface area contributed by atoms with Crippen molar-refractivity contribution in [2.75, 3.05) is 26.7 Å². The molecule has 0 bridgehead atoms. The van der Waals surface area contributed by atoms with Gasteiger partial charge in [-0.1, -0.05) is 36.4 Å². The van der Waals surface area contributed by atoms with Gasteiger partial charge in [-0.3, -0.25) is 9.78 Å². The highest BCUT2D eigenvalue weighted by molar-refractivity contribution is 5.94. The van der Waals surface area contributed by atoms with E-state index >= 15 is 0 Å². The summed E-state index contributed by atoms with van der Waals surface area (Å²) in [6, 6.07) is 19.7. The van der Waals surface area contributed by atoms with Crippen LogP contribution in [0.1, 0.15) is 34.5 Å². The zero-order valence-corrected chi connectivity index (χ0v) is 18.6. The number of pyridine rings is 2. The van der Waals surface area contributed by atoms with Crippen LogP contribution in [0.3, 0.4) is 0 Å². The number of rotatable bonds is 8. The summed E-state index contributed by atoms with van der Waals surface area (Å²) in [5.41, 5.74) is 2.81. The van der Waals surface area contributed by atoms with Crippen molar-refractivity contribution in [1.29, 1.82) is 0 Å². The standard InChI is InChI=1S/C26H30N4O2/c1-29(24-12-17-30(18-13-24)16-11-23-9-5-6-14-27-23)26(31)22-10-15-28-25(19-22)32-20-21-7-3-2-4-8-21/h2-10,14-15,19,24H,11-13,16-18,20H2,1H3. The fourth-order valence-corrected chi connectivity index (χ4v) is 4.07. The van der Waals surface area contributed by atoms with Gasteiger partial charge in [-0.05, 0) is 36.6 Å². The van der Waals surface area contributed by atoms with Crippen molar-refractivity contribution < 1.29 is 9.53 Å². The van der Waals surface area contributed by atoms with E-state index in [0.717, 1.165) is 50.2 Å². The van der Waals surface area contributed by atoms with Crippen molar-refractivity contribution in [3.8, 4) is 5.88 Å². The first kappa shape index (κ1) is 22.0. The maximum Gasteiger partial charge on any atom is 0.254 e. The Balaban J connectivity index is 1.27. The number of likely N-dealkylation sites (tertiary alicyclic amines) is 1. The minimum Gasteiger partial charge on any atom is -0.473 e. The van der Waals surface area contributed by atoms with Crippen LogP contribution in [0.5, 0.6) is 5.88 Å². The van der Waals surface area contributed by atoms with Crippen molar-refractivity contribution in [3.05, 3.63) is 89.9 Å². The Bertz CT molecular complexity index is 989. The van der Waals surface area contributed by atoms with Gasteiger partial charge in [0, 0.05) is 68.9 Å². The molecule has 1 amide bonds. The summed E-state index contributed by atoms with van der Waals surface area (Å²) < 4.78 is 5.79. The lowest BCUT2D eigenvalue weighted by atomic mass is 10.0. The number of aromatic nitrogens is 2. The number of benzene rings is 1. The van der Waals surface area contributed by atoms with Crippen LogP contribution in [-0.4, -0.2) is 58.4 Å². The highest BCUT2D eigenvalue weighted by Crippen LogP contribution is 2.19. The summed E-state index contributed by atoms with van der Waals surface area (Å²) in [6.45, 7) is 3.43. The second kappa shape index (κ2) is 10.9.